The standard InChI is InChI=1S/C19H20N4O3/c1-12(24)20-17(11-13-6-5-7-14(10-13)26-2)18(25)23-19-21-15-8-3-4-9-16(15)22-19/h3-10,17H,11H2,1-2H3,(H,20,24)(H2,21,22,23,25). The van der Waals surface area contributed by atoms with Crippen LogP contribution in [0.25, 0.3) is 11.0 Å². The number of methoxy groups -OCH3 is 1. The minimum atomic E-state index is -0.729. The Labute approximate surface area is 150 Å². The number of benzene rings is 2. The molecule has 3 rings (SSSR count). The zero-order valence-electron chi connectivity index (χ0n) is 14.6. The first kappa shape index (κ1) is 17.5. The predicted octanol–water partition coefficient (Wildman–Crippen LogP) is 2.26. The molecule has 3 N–H and O–H groups in total. The van der Waals surface area contributed by atoms with Crippen molar-refractivity contribution in [3.05, 3.63) is 54.1 Å². The number of aromatic nitrogens is 2. The first-order valence-electron chi connectivity index (χ1n) is 8.21. The van der Waals surface area contributed by atoms with Gasteiger partial charge in [0, 0.05) is 13.3 Å². The maximum atomic E-state index is 12.7. The zero-order valence-corrected chi connectivity index (χ0v) is 14.6. The van der Waals surface area contributed by atoms with Crippen molar-refractivity contribution in [1.29, 1.82) is 0 Å². The van der Waals surface area contributed by atoms with E-state index in [4.69, 9.17) is 4.74 Å². The van der Waals surface area contributed by atoms with E-state index in [-0.39, 0.29) is 11.8 Å². The van der Waals surface area contributed by atoms with Crippen LogP contribution in [-0.4, -0.2) is 34.9 Å². The van der Waals surface area contributed by atoms with Gasteiger partial charge in [0.2, 0.25) is 17.8 Å². The molecule has 0 aliphatic heterocycles. The number of carbonyl (C=O) groups is 2. The highest BCUT2D eigenvalue weighted by Crippen LogP contribution is 2.16. The molecular formula is C19H20N4O3. The van der Waals surface area contributed by atoms with Crippen molar-refractivity contribution < 1.29 is 14.3 Å². The first-order valence-corrected chi connectivity index (χ1v) is 8.21. The van der Waals surface area contributed by atoms with Crippen molar-refractivity contribution in [3.63, 3.8) is 0 Å². The molecule has 7 heteroatoms. The van der Waals surface area contributed by atoms with Crippen LogP contribution in [0.5, 0.6) is 5.75 Å². The van der Waals surface area contributed by atoms with E-state index in [9.17, 15) is 9.59 Å². The van der Waals surface area contributed by atoms with E-state index in [0.29, 0.717) is 18.1 Å². The van der Waals surface area contributed by atoms with E-state index in [1.807, 2.05) is 48.5 Å². The Morgan fingerprint density at radius 3 is 2.73 bits per heavy atom. The van der Waals surface area contributed by atoms with Crippen molar-refractivity contribution in [2.24, 2.45) is 0 Å². The number of carbonyl (C=O) groups excluding carboxylic acids is 2. The number of aromatic amines is 1. The number of hydrogen-bond donors (Lipinski definition) is 3. The molecule has 0 radical (unpaired) electrons. The number of imidazole rings is 1. The molecule has 0 spiro atoms. The van der Waals surface area contributed by atoms with Gasteiger partial charge in [-0.2, -0.15) is 0 Å². The molecule has 1 aromatic heterocycles. The second kappa shape index (κ2) is 7.69. The number of nitrogens with zero attached hydrogens (tertiary/aromatic N) is 1. The fourth-order valence-electron chi connectivity index (χ4n) is 2.71. The van der Waals surface area contributed by atoms with Crippen molar-refractivity contribution in [2.75, 3.05) is 12.4 Å². The number of ether oxygens (including phenoxy) is 1. The number of H-pyrrole nitrogens is 1. The number of para-hydroxylation sites is 2. The summed E-state index contributed by atoms with van der Waals surface area (Å²) in [5, 5.41) is 5.42. The first-order chi connectivity index (χ1) is 12.5. The summed E-state index contributed by atoms with van der Waals surface area (Å²) >= 11 is 0. The summed E-state index contributed by atoms with van der Waals surface area (Å²) in [6, 6.07) is 14.1. The summed E-state index contributed by atoms with van der Waals surface area (Å²) in [6.07, 6.45) is 0.336. The summed E-state index contributed by atoms with van der Waals surface area (Å²) in [7, 11) is 1.58. The van der Waals surface area contributed by atoms with Crippen molar-refractivity contribution in [2.45, 2.75) is 19.4 Å². The molecule has 0 saturated heterocycles. The minimum absolute atomic E-state index is 0.280. The van der Waals surface area contributed by atoms with Crippen LogP contribution in [0.3, 0.4) is 0 Å². The Hall–Kier alpha value is -3.35. The van der Waals surface area contributed by atoms with Crippen LogP contribution in [0.15, 0.2) is 48.5 Å². The fourth-order valence-corrected chi connectivity index (χ4v) is 2.71. The predicted molar refractivity (Wildman–Crippen MR) is 99.0 cm³/mol. The smallest absolute Gasteiger partial charge is 0.249 e. The molecule has 7 nitrogen and oxygen atoms in total. The summed E-state index contributed by atoms with van der Waals surface area (Å²) in [5.41, 5.74) is 2.46. The summed E-state index contributed by atoms with van der Waals surface area (Å²) in [4.78, 5) is 31.6. The molecule has 0 saturated carbocycles. The molecule has 1 atom stereocenters. The summed E-state index contributed by atoms with van der Waals surface area (Å²) < 4.78 is 5.20. The van der Waals surface area contributed by atoms with E-state index in [2.05, 4.69) is 20.6 Å². The Morgan fingerprint density at radius 2 is 2.00 bits per heavy atom. The van der Waals surface area contributed by atoms with Crippen LogP contribution in [0.1, 0.15) is 12.5 Å². The fraction of sp³-hybridized carbons (Fsp3) is 0.211. The Kier molecular flexibility index (Phi) is 5.17. The van der Waals surface area contributed by atoms with E-state index < -0.39 is 6.04 Å². The molecule has 3 aromatic rings. The van der Waals surface area contributed by atoms with Crippen LogP contribution in [0.2, 0.25) is 0 Å². The van der Waals surface area contributed by atoms with Crippen molar-refractivity contribution >= 4 is 28.8 Å². The monoisotopic (exact) mass is 352 g/mol. The molecule has 0 aliphatic carbocycles. The Balaban J connectivity index is 1.77. The highest BCUT2D eigenvalue weighted by molar-refractivity contribution is 5.97. The molecule has 0 fully saturated rings. The topological polar surface area (TPSA) is 96.1 Å². The van der Waals surface area contributed by atoms with Crippen LogP contribution < -0.4 is 15.4 Å². The summed E-state index contributed by atoms with van der Waals surface area (Å²) in [6.45, 7) is 1.38. The third-order valence-corrected chi connectivity index (χ3v) is 3.90. The largest absolute Gasteiger partial charge is 0.497 e. The highest BCUT2D eigenvalue weighted by Gasteiger charge is 2.21. The van der Waals surface area contributed by atoms with E-state index in [1.54, 1.807) is 7.11 Å². The minimum Gasteiger partial charge on any atom is -0.497 e. The average Bonchev–Trinajstić information content (AvgIpc) is 3.03. The maximum absolute atomic E-state index is 12.7. The van der Waals surface area contributed by atoms with Gasteiger partial charge in [0.1, 0.15) is 11.8 Å². The van der Waals surface area contributed by atoms with Gasteiger partial charge >= 0.3 is 0 Å². The number of hydrogen-bond acceptors (Lipinski definition) is 4. The lowest BCUT2D eigenvalue weighted by Gasteiger charge is -2.17. The molecule has 1 heterocycles. The third-order valence-electron chi connectivity index (χ3n) is 3.90. The zero-order chi connectivity index (χ0) is 18.5. The van der Waals surface area contributed by atoms with Crippen LogP contribution in [0.4, 0.5) is 5.95 Å². The lowest BCUT2D eigenvalue weighted by Crippen LogP contribution is -2.44. The van der Waals surface area contributed by atoms with Gasteiger partial charge in [-0.05, 0) is 29.8 Å². The van der Waals surface area contributed by atoms with Gasteiger partial charge in [0.25, 0.3) is 0 Å². The van der Waals surface area contributed by atoms with Gasteiger partial charge in [-0.15, -0.1) is 0 Å². The molecule has 2 amide bonds. The molecular weight excluding hydrogens is 332 g/mol. The third kappa shape index (κ3) is 4.18. The van der Waals surface area contributed by atoms with Crippen molar-refractivity contribution in [3.8, 4) is 5.75 Å². The van der Waals surface area contributed by atoms with Crippen LogP contribution >= 0.6 is 0 Å². The SMILES string of the molecule is COc1cccc(CC(NC(C)=O)C(=O)Nc2nc3ccccc3[nH]2)c1. The number of anilines is 1. The van der Waals surface area contributed by atoms with E-state index in [1.165, 1.54) is 6.92 Å². The number of nitrogens with one attached hydrogen (secondary N) is 3. The van der Waals surface area contributed by atoms with Gasteiger partial charge in [0.05, 0.1) is 18.1 Å². The van der Waals surface area contributed by atoms with Gasteiger partial charge in [0.15, 0.2) is 0 Å². The molecule has 0 bridgehead atoms. The van der Waals surface area contributed by atoms with Gasteiger partial charge in [-0.1, -0.05) is 24.3 Å². The van der Waals surface area contributed by atoms with E-state index >= 15 is 0 Å². The molecule has 0 aliphatic rings. The second-order valence-corrected chi connectivity index (χ2v) is 5.90. The number of fused-ring (bicyclic) bond motifs is 1. The van der Waals surface area contributed by atoms with Crippen LogP contribution in [0, 0.1) is 0 Å². The summed E-state index contributed by atoms with van der Waals surface area (Å²) in [5.74, 6) is 0.415. The maximum Gasteiger partial charge on any atom is 0.249 e. The normalized spacial score (nSPS) is 11.8. The van der Waals surface area contributed by atoms with Gasteiger partial charge < -0.3 is 15.0 Å². The second-order valence-electron chi connectivity index (χ2n) is 5.90. The Morgan fingerprint density at radius 1 is 1.19 bits per heavy atom. The van der Waals surface area contributed by atoms with E-state index in [0.717, 1.165) is 16.6 Å². The lowest BCUT2D eigenvalue weighted by atomic mass is 10.0. The van der Waals surface area contributed by atoms with Crippen LogP contribution in [-0.2, 0) is 16.0 Å². The highest BCUT2D eigenvalue weighted by atomic mass is 16.5. The average molecular weight is 352 g/mol. The number of rotatable bonds is 6. The lowest BCUT2D eigenvalue weighted by molar-refractivity contribution is -0.125. The van der Waals surface area contributed by atoms with Crippen molar-refractivity contribution in [1.82, 2.24) is 15.3 Å². The molecule has 26 heavy (non-hydrogen) atoms. The van der Waals surface area contributed by atoms with Gasteiger partial charge in [-0.25, -0.2) is 4.98 Å². The molecule has 134 valence electrons. The molecule has 1 unspecified atom stereocenters. The number of amides is 2. The quantitative estimate of drug-likeness (QED) is 0.634. The Bertz CT molecular complexity index is 902. The molecule has 2 aromatic carbocycles. The van der Waals surface area contributed by atoms with Gasteiger partial charge in [-0.3, -0.25) is 14.9 Å².